The van der Waals surface area contributed by atoms with E-state index >= 15 is 0 Å². The Morgan fingerprint density at radius 3 is 2.50 bits per heavy atom. The molecule has 0 aliphatic heterocycles. The van der Waals surface area contributed by atoms with Crippen molar-refractivity contribution in [3.8, 4) is 11.4 Å². The summed E-state index contributed by atoms with van der Waals surface area (Å²) >= 11 is 0. The SMILES string of the molecule is COc1ccc(C)cc1S(=O)(=O)Nc1cc(C(F)(F)F)ccc1-n1cncn1. The number of aromatic nitrogens is 3. The quantitative estimate of drug-likeness (QED) is 0.694. The molecular weight excluding hydrogens is 397 g/mol. The van der Waals surface area contributed by atoms with Crippen molar-refractivity contribution in [2.45, 2.75) is 18.0 Å². The smallest absolute Gasteiger partial charge is 0.416 e. The lowest BCUT2D eigenvalue weighted by Gasteiger charge is -2.16. The van der Waals surface area contributed by atoms with Crippen LogP contribution in [0.5, 0.6) is 5.75 Å². The summed E-state index contributed by atoms with van der Waals surface area (Å²) in [4.78, 5) is 3.54. The van der Waals surface area contributed by atoms with E-state index in [0.717, 1.165) is 16.8 Å². The van der Waals surface area contributed by atoms with Crippen molar-refractivity contribution >= 4 is 15.7 Å². The molecule has 0 unspecified atom stereocenters. The number of sulfonamides is 1. The third kappa shape index (κ3) is 3.93. The van der Waals surface area contributed by atoms with Crippen molar-refractivity contribution in [1.29, 1.82) is 0 Å². The summed E-state index contributed by atoms with van der Waals surface area (Å²) in [6, 6.07) is 7.14. The molecule has 3 aromatic rings. The van der Waals surface area contributed by atoms with E-state index in [4.69, 9.17) is 4.74 Å². The van der Waals surface area contributed by atoms with E-state index in [1.54, 1.807) is 13.0 Å². The van der Waals surface area contributed by atoms with Crippen molar-refractivity contribution in [2.24, 2.45) is 0 Å². The molecule has 0 aliphatic rings. The van der Waals surface area contributed by atoms with Gasteiger partial charge in [0.1, 0.15) is 23.3 Å². The molecule has 148 valence electrons. The minimum Gasteiger partial charge on any atom is -0.495 e. The Balaban J connectivity index is 2.13. The number of benzene rings is 2. The molecule has 0 saturated carbocycles. The average molecular weight is 412 g/mol. The molecule has 11 heteroatoms. The predicted molar refractivity (Wildman–Crippen MR) is 94.9 cm³/mol. The van der Waals surface area contributed by atoms with Crippen LogP contribution in [-0.4, -0.2) is 30.3 Å². The number of aryl methyl sites for hydroxylation is 1. The Labute approximate surface area is 158 Å². The maximum absolute atomic E-state index is 13.1. The summed E-state index contributed by atoms with van der Waals surface area (Å²) in [7, 11) is -2.96. The van der Waals surface area contributed by atoms with Gasteiger partial charge in [0.25, 0.3) is 10.0 Å². The molecule has 1 aromatic heterocycles. The van der Waals surface area contributed by atoms with E-state index in [1.807, 2.05) is 0 Å². The summed E-state index contributed by atoms with van der Waals surface area (Å²) < 4.78 is 73.7. The predicted octanol–water partition coefficient (Wildman–Crippen LogP) is 3.40. The van der Waals surface area contributed by atoms with Crippen molar-refractivity contribution in [1.82, 2.24) is 14.8 Å². The van der Waals surface area contributed by atoms with Gasteiger partial charge in [-0.15, -0.1) is 0 Å². The lowest BCUT2D eigenvalue weighted by Crippen LogP contribution is -2.17. The van der Waals surface area contributed by atoms with Crippen LogP contribution < -0.4 is 9.46 Å². The van der Waals surface area contributed by atoms with Gasteiger partial charge in [0, 0.05) is 0 Å². The van der Waals surface area contributed by atoms with Crippen molar-refractivity contribution in [2.75, 3.05) is 11.8 Å². The highest BCUT2D eigenvalue weighted by atomic mass is 32.2. The van der Waals surface area contributed by atoms with E-state index in [2.05, 4.69) is 14.8 Å². The molecule has 0 saturated heterocycles. The average Bonchev–Trinajstić information content (AvgIpc) is 3.15. The topological polar surface area (TPSA) is 86.1 Å². The number of alkyl halides is 3. The third-order valence-corrected chi connectivity index (χ3v) is 5.23. The first-order chi connectivity index (χ1) is 13.1. The molecule has 0 spiro atoms. The zero-order valence-electron chi connectivity index (χ0n) is 14.7. The highest BCUT2D eigenvalue weighted by molar-refractivity contribution is 7.92. The van der Waals surface area contributed by atoms with Crippen LogP contribution in [-0.2, 0) is 16.2 Å². The second-order valence-corrected chi connectivity index (χ2v) is 7.48. The summed E-state index contributed by atoms with van der Waals surface area (Å²) in [5.41, 5.74) is -0.587. The summed E-state index contributed by atoms with van der Waals surface area (Å²) in [5, 5.41) is 3.85. The van der Waals surface area contributed by atoms with Gasteiger partial charge >= 0.3 is 6.18 Å². The molecule has 28 heavy (non-hydrogen) atoms. The second kappa shape index (κ2) is 7.15. The van der Waals surface area contributed by atoms with E-state index < -0.39 is 21.8 Å². The standard InChI is InChI=1S/C17H15F3N4O3S/c1-11-3-6-15(27-2)16(7-11)28(25,26)23-13-8-12(17(18,19)20)4-5-14(13)24-10-21-9-22-24/h3-10,23H,1-2H3. The normalized spacial score (nSPS) is 12.0. The number of rotatable bonds is 5. The van der Waals surface area contributed by atoms with Crippen LogP contribution in [0.25, 0.3) is 5.69 Å². The molecule has 0 amide bonds. The Kier molecular flexibility index (Phi) is 5.02. The number of nitrogens with one attached hydrogen (secondary N) is 1. The Bertz CT molecular complexity index is 1100. The molecule has 1 heterocycles. The lowest BCUT2D eigenvalue weighted by molar-refractivity contribution is -0.137. The molecule has 3 rings (SSSR count). The fourth-order valence-electron chi connectivity index (χ4n) is 2.52. The van der Waals surface area contributed by atoms with Crippen LogP contribution in [0.1, 0.15) is 11.1 Å². The zero-order chi connectivity index (χ0) is 20.5. The van der Waals surface area contributed by atoms with E-state index in [9.17, 15) is 21.6 Å². The van der Waals surface area contributed by atoms with Crippen molar-refractivity contribution in [3.63, 3.8) is 0 Å². The second-order valence-electron chi connectivity index (χ2n) is 5.83. The maximum atomic E-state index is 13.1. The molecular formula is C17H15F3N4O3S. The maximum Gasteiger partial charge on any atom is 0.416 e. The van der Waals surface area contributed by atoms with Crippen LogP contribution in [0.3, 0.4) is 0 Å². The lowest BCUT2D eigenvalue weighted by atomic mass is 10.1. The monoisotopic (exact) mass is 412 g/mol. The van der Waals surface area contributed by atoms with Crippen LogP contribution in [0.15, 0.2) is 53.9 Å². The molecule has 0 fully saturated rings. The van der Waals surface area contributed by atoms with Gasteiger partial charge in [-0.1, -0.05) is 6.07 Å². The first-order valence-corrected chi connectivity index (χ1v) is 9.34. The number of nitrogens with zero attached hydrogens (tertiary/aromatic N) is 3. The molecule has 0 atom stereocenters. The van der Waals surface area contributed by atoms with Crippen molar-refractivity contribution in [3.05, 3.63) is 60.2 Å². The molecule has 0 bridgehead atoms. The Morgan fingerprint density at radius 1 is 1.14 bits per heavy atom. The fraction of sp³-hybridized carbons (Fsp3) is 0.176. The van der Waals surface area contributed by atoms with Gasteiger partial charge in [-0.3, -0.25) is 4.72 Å². The summed E-state index contributed by atoms with van der Waals surface area (Å²) in [6.45, 7) is 1.68. The summed E-state index contributed by atoms with van der Waals surface area (Å²) in [5.74, 6) is 0.0624. The first kappa shape index (κ1) is 19.7. The third-order valence-electron chi connectivity index (χ3n) is 3.84. The largest absolute Gasteiger partial charge is 0.495 e. The zero-order valence-corrected chi connectivity index (χ0v) is 15.5. The van der Waals surface area contributed by atoms with E-state index in [1.165, 1.54) is 31.9 Å². The molecule has 2 aromatic carbocycles. The number of anilines is 1. The molecule has 0 radical (unpaired) electrons. The van der Waals surface area contributed by atoms with E-state index in [0.29, 0.717) is 11.6 Å². The first-order valence-electron chi connectivity index (χ1n) is 7.85. The molecule has 1 N–H and O–H groups in total. The number of methoxy groups -OCH3 is 1. The van der Waals surface area contributed by atoms with Gasteiger partial charge in [-0.25, -0.2) is 18.1 Å². The molecule has 0 aliphatic carbocycles. The Morgan fingerprint density at radius 2 is 1.89 bits per heavy atom. The molecule has 7 nitrogen and oxygen atoms in total. The number of hydrogen-bond donors (Lipinski definition) is 1. The minimum atomic E-state index is -4.65. The van der Waals surface area contributed by atoms with Crippen LogP contribution in [0.2, 0.25) is 0 Å². The highest BCUT2D eigenvalue weighted by Gasteiger charge is 2.32. The van der Waals surface area contributed by atoms with Gasteiger partial charge in [0.15, 0.2) is 0 Å². The van der Waals surface area contributed by atoms with Crippen LogP contribution >= 0.6 is 0 Å². The number of ether oxygens (including phenoxy) is 1. The Hall–Kier alpha value is -3.08. The highest BCUT2D eigenvalue weighted by Crippen LogP contribution is 2.35. The summed E-state index contributed by atoms with van der Waals surface area (Å²) in [6.07, 6.45) is -2.23. The van der Waals surface area contributed by atoms with Gasteiger partial charge < -0.3 is 4.74 Å². The minimum absolute atomic E-state index is 0.0624. The van der Waals surface area contributed by atoms with Gasteiger partial charge in [-0.2, -0.15) is 18.3 Å². The van der Waals surface area contributed by atoms with E-state index in [-0.39, 0.29) is 22.0 Å². The van der Waals surface area contributed by atoms with Crippen molar-refractivity contribution < 1.29 is 26.3 Å². The van der Waals surface area contributed by atoms with Gasteiger partial charge in [-0.05, 0) is 42.8 Å². The van der Waals surface area contributed by atoms with Gasteiger partial charge in [0.05, 0.1) is 24.0 Å². The number of halogens is 3. The fourth-order valence-corrected chi connectivity index (χ4v) is 3.84. The van der Waals surface area contributed by atoms with Crippen LogP contribution in [0, 0.1) is 6.92 Å². The number of hydrogen-bond acceptors (Lipinski definition) is 5. The van der Waals surface area contributed by atoms with Gasteiger partial charge in [0.2, 0.25) is 0 Å². The van der Waals surface area contributed by atoms with Crippen LogP contribution in [0.4, 0.5) is 18.9 Å².